The Kier molecular flexibility index (Phi) is 7.46. The van der Waals surface area contributed by atoms with Crippen LogP contribution in [0.2, 0.25) is 0 Å². The smallest absolute Gasteiger partial charge is 0.223 e. The van der Waals surface area contributed by atoms with Crippen molar-refractivity contribution in [1.29, 1.82) is 0 Å². The molecule has 1 heterocycles. The Morgan fingerprint density at radius 2 is 1.59 bits per heavy atom. The Hall–Kier alpha value is -1.40. The highest BCUT2D eigenvalue weighted by Crippen LogP contribution is 2.26. The Morgan fingerprint density at radius 1 is 1.07 bits per heavy atom. The van der Waals surface area contributed by atoms with Gasteiger partial charge in [-0.05, 0) is 42.7 Å². The van der Waals surface area contributed by atoms with E-state index in [1.54, 1.807) is 6.92 Å². The fourth-order valence-corrected chi connectivity index (χ4v) is 4.71. The Labute approximate surface area is 164 Å². The van der Waals surface area contributed by atoms with Gasteiger partial charge in [0.15, 0.2) is 0 Å². The topological polar surface area (TPSA) is 66.5 Å². The largest absolute Gasteiger partial charge is 0.349 e. The van der Waals surface area contributed by atoms with Gasteiger partial charge in [-0.25, -0.2) is 12.7 Å². The Bertz CT molecular complexity index is 718. The van der Waals surface area contributed by atoms with Crippen LogP contribution in [0.4, 0.5) is 0 Å². The van der Waals surface area contributed by atoms with Gasteiger partial charge in [-0.2, -0.15) is 0 Å². The fourth-order valence-electron chi connectivity index (χ4n) is 3.57. The molecule has 1 aliphatic rings. The maximum absolute atomic E-state index is 12.8. The van der Waals surface area contributed by atoms with Crippen LogP contribution in [0, 0.1) is 11.8 Å². The number of piperidine rings is 1. The van der Waals surface area contributed by atoms with Crippen molar-refractivity contribution in [2.75, 3.05) is 18.8 Å². The number of sulfonamides is 1. The summed E-state index contributed by atoms with van der Waals surface area (Å²) in [6, 6.07) is 8.45. The summed E-state index contributed by atoms with van der Waals surface area (Å²) in [7, 11) is -3.16. The zero-order chi connectivity index (χ0) is 20.2. The van der Waals surface area contributed by atoms with Gasteiger partial charge in [0.2, 0.25) is 15.9 Å². The second-order valence-corrected chi connectivity index (χ2v) is 10.4. The minimum absolute atomic E-state index is 0.0314. The molecule has 6 heteroatoms. The third kappa shape index (κ3) is 5.55. The van der Waals surface area contributed by atoms with Crippen molar-refractivity contribution in [1.82, 2.24) is 9.62 Å². The molecule has 2 rings (SSSR count). The number of hydrogen-bond acceptors (Lipinski definition) is 3. The number of amides is 1. The minimum atomic E-state index is -3.16. The van der Waals surface area contributed by atoms with Crippen molar-refractivity contribution in [3.8, 4) is 0 Å². The number of carbonyl (C=O) groups is 1. The maximum atomic E-state index is 12.8. The molecule has 1 fully saturated rings. The molecule has 27 heavy (non-hydrogen) atoms. The van der Waals surface area contributed by atoms with Gasteiger partial charge in [-0.15, -0.1) is 0 Å². The van der Waals surface area contributed by atoms with E-state index in [-0.39, 0.29) is 29.5 Å². The monoisotopic (exact) mass is 394 g/mol. The molecule has 1 aromatic rings. The molecule has 5 nitrogen and oxygen atoms in total. The number of nitrogens with zero attached hydrogens (tertiary/aromatic N) is 1. The van der Waals surface area contributed by atoms with Gasteiger partial charge in [-0.1, -0.05) is 52.0 Å². The standard InChI is InChI=1S/C21H34N2O3S/c1-6-27(25,26)23-13-11-19(12-14-23)21(24)22-20(16(4)5)18-9-7-17(8-10-18)15(2)3/h7-10,15-16,19-20H,6,11-14H2,1-5H3,(H,22,24). The molecule has 0 aromatic heterocycles. The van der Waals surface area contributed by atoms with Crippen LogP contribution in [-0.4, -0.2) is 37.5 Å². The second-order valence-electron chi connectivity index (χ2n) is 8.13. The van der Waals surface area contributed by atoms with E-state index >= 15 is 0 Å². The lowest BCUT2D eigenvalue weighted by Crippen LogP contribution is -2.44. The van der Waals surface area contributed by atoms with Gasteiger partial charge in [0, 0.05) is 19.0 Å². The van der Waals surface area contributed by atoms with E-state index < -0.39 is 10.0 Å². The molecule has 0 radical (unpaired) electrons. The van der Waals surface area contributed by atoms with Crippen molar-refractivity contribution < 1.29 is 13.2 Å². The summed E-state index contributed by atoms with van der Waals surface area (Å²) in [6.45, 7) is 11.1. The highest BCUT2D eigenvalue weighted by molar-refractivity contribution is 7.89. The molecule has 1 aliphatic heterocycles. The number of hydrogen-bond donors (Lipinski definition) is 1. The number of rotatable bonds is 7. The summed E-state index contributed by atoms with van der Waals surface area (Å²) in [4.78, 5) is 12.8. The summed E-state index contributed by atoms with van der Waals surface area (Å²) in [5.41, 5.74) is 2.41. The SMILES string of the molecule is CCS(=O)(=O)N1CCC(C(=O)NC(c2ccc(C(C)C)cc2)C(C)C)CC1. The minimum Gasteiger partial charge on any atom is -0.349 e. The van der Waals surface area contributed by atoms with Crippen molar-refractivity contribution in [2.24, 2.45) is 11.8 Å². The van der Waals surface area contributed by atoms with E-state index in [1.165, 1.54) is 9.87 Å². The van der Waals surface area contributed by atoms with Crippen LogP contribution < -0.4 is 5.32 Å². The van der Waals surface area contributed by atoms with Crippen molar-refractivity contribution in [2.45, 2.75) is 59.4 Å². The lowest BCUT2D eigenvalue weighted by Gasteiger charge is -2.32. The molecule has 0 spiro atoms. The van der Waals surface area contributed by atoms with Gasteiger partial charge in [0.1, 0.15) is 0 Å². The highest BCUT2D eigenvalue weighted by atomic mass is 32.2. The lowest BCUT2D eigenvalue weighted by atomic mass is 9.91. The second kappa shape index (κ2) is 9.20. The maximum Gasteiger partial charge on any atom is 0.223 e. The zero-order valence-corrected chi connectivity index (χ0v) is 18.1. The fraction of sp³-hybridized carbons (Fsp3) is 0.667. The van der Waals surface area contributed by atoms with Crippen LogP contribution in [-0.2, 0) is 14.8 Å². The predicted octanol–water partition coefficient (Wildman–Crippen LogP) is 3.69. The first-order chi connectivity index (χ1) is 12.7. The highest BCUT2D eigenvalue weighted by Gasteiger charge is 2.31. The molecule has 1 unspecified atom stereocenters. The average Bonchev–Trinajstić information content (AvgIpc) is 2.65. The normalized spacial score (nSPS) is 18.0. The van der Waals surface area contributed by atoms with Gasteiger partial charge >= 0.3 is 0 Å². The Balaban J connectivity index is 2.01. The van der Waals surface area contributed by atoms with Crippen LogP contribution in [0.1, 0.15) is 70.5 Å². The molecule has 1 saturated heterocycles. The zero-order valence-electron chi connectivity index (χ0n) is 17.2. The Morgan fingerprint density at radius 3 is 2.04 bits per heavy atom. The van der Waals surface area contributed by atoms with Crippen LogP contribution in [0.15, 0.2) is 24.3 Å². The van der Waals surface area contributed by atoms with E-state index in [1.807, 2.05) is 0 Å². The third-order valence-corrected chi connectivity index (χ3v) is 7.39. The quantitative estimate of drug-likeness (QED) is 0.767. The van der Waals surface area contributed by atoms with Gasteiger partial charge in [0.25, 0.3) is 0 Å². The molecule has 0 bridgehead atoms. The molecule has 0 aliphatic carbocycles. The number of nitrogens with one attached hydrogen (secondary N) is 1. The average molecular weight is 395 g/mol. The first-order valence-electron chi connectivity index (χ1n) is 10.0. The van der Waals surface area contributed by atoms with E-state index in [0.29, 0.717) is 31.8 Å². The van der Waals surface area contributed by atoms with Crippen LogP contribution >= 0.6 is 0 Å². The van der Waals surface area contributed by atoms with Crippen LogP contribution in [0.5, 0.6) is 0 Å². The summed E-state index contributed by atoms with van der Waals surface area (Å²) in [5.74, 6) is 0.792. The summed E-state index contributed by atoms with van der Waals surface area (Å²) in [5, 5.41) is 3.21. The first-order valence-corrected chi connectivity index (χ1v) is 11.6. The van der Waals surface area contributed by atoms with Crippen molar-refractivity contribution >= 4 is 15.9 Å². The van der Waals surface area contributed by atoms with Gasteiger partial charge < -0.3 is 5.32 Å². The molecular weight excluding hydrogens is 360 g/mol. The van der Waals surface area contributed by atoms with E-state index in [2.05, 4.69) is 57.3 Å². The molecule has 1 atom stereocenters. The summed E-state index contributed by atoms with van der Waals surface area (Å²) in [6.07, 6.45) is 1.17. The third-order valence-electron chi connectivity index (χ3n) is 5.51. The van der Waals surface area contributed by atoms with E-state index in [4.69, 9.17) is 0 Å². The molecular formula is C21H34N2O3S. The summed E-state index contributed by atoms with van der Waals surface area (Å²) >= 11 is 0. The van der Waals surface area contributed by atoms with E-state index in [9.17, 15) is 13.2 Å². The first kappa shape index (κ1) is 21.9. The predicted molar refractivity (Wildman–Crippen MR) is 110 cm³/mol. The van der Waals surface area contributed by atoms with Crippen molar-refractivity contribution in [3.05, 3.63) is 35.4 Å². The summed E-state index contributed by atoms with van der Waals surface area (Å²) < 4.78 is 25.5. The van der Waals surface area contributed by atoms with E-state index in [0.717, 1.165) is 5.56 Å². The van der Waals surface area contributed by atoms with Gasteiger partial charge in [0.05, 0.1) is 11.8 Å². The molecule has 1 amide bonds. The number of benzene rings is 1. The van der Waals surface area contributed by atoms with Crippen LogP contribution in [0.25, 0.3) is 0 Å². The van der Waals surface area contributed by atoms with Gasteiger partial charge in [-0.3, -0.25) is 4.79 Å². The molecule has 152 valence electrons. The van der Waals surface area contributed by atoms with Crippen LogP contribution in [0.3, 0.4) is 0 Å². The van der Waals surface area contributed by atoms with Crippen molar-refractivity contribution in [3.63, 3.8) is 0 Å². The molecule has 1 N–H and O–H groups in total. The number of carbonyl (C=O) groups excluding carboxylic acids is 1. The lowest BCUT2D eigenvalue weighted by molar-refractivity contribution is -0.127. The molecule has 1 aromatic carbocycles. The molecule has 0 saturated carbocycles.